The summed E-state index contributed by atoms with van der Waals surface area (Å²) >= 11 is 0. The first-order chi connectivity index (χ1) is 8.54. The molecule has 0 aliphatic heterocycles. The van der Waals surface area contributed by atoms with E-state index < -0.39 is 0 Å². The average molecular weight is 248 g/mol. The van der Waals surface area contributed by atoms with Gasteiger partial charge in [-0.2, -0.15) is 0 Å². The van der Waals surface area contributed by atoms with E-state index in [1.807, 2.05) is 20.2 Å². The summed E-state index contributed by atoms with van der Waals surface area (Å²) in [5.41, 5.74) is 3.31. The van der Waals surface area contributed by atoms with Crippen LogP contribution in [0.5, 0.6) is 0 Å². The van der Waals surface area contributed by atoms with Crippen molar-refractivity contribution < 1.29 is 5.32 Å². The summed E-state index contributed by atoms with van der Waals surface area (Å²) in [6, 6.07) is 6.91. The van der Waals surface area contributed by atoms with Crippen molar-refractivity contribution in [2.45, 2.75) is 32.9 Å². The van der Waals surface area contributed by atoms with Crippen LogP contribution in [0.15, 0.2) is 23.0 Å². The smallest absolute Gasteiger partial charge is 0.328 e. The normalized spacial score (nSPS) is 13.1. The van der Waals surface area contributed by atoms with Gasteiger partial charge in [0.25, 0.3) is 0 Å². The summed E-state index contributed by atoms with van der Waals surface area (Å²) < 4.78 is 3.40. The van der Waals surface area contributed by atoms with Crippen LogP contribution in [-0.2, 0) is 20.6 Å². The lowest BCUT2D eigenvalue weighted by atomic mass is 10.1. The summed E-state index contributed by atoms with van der Waals surface area (Å²) in [6.45, 7) is 5.40. The largest absolute Gasteiger partial charge is 0.340 e. The number of hydrogen-bond acceptors (Lipinski definition) is 1. The molecule has 1 aromatic heterocycles. The fourth-order valence-corrected chi connectivity index (χ4v) is 2.18. The number of quaternary nitrogens is 1. The minimum absolute atomic E-state index is 0.0352. The number of fused-ring (bicyclic) bond motifs is 1. The third kappa shape index (κ3) is 2.20. The van der Waals surface area contributed by atoms with Crippen molar-refractivity contribution >= 4 is 11.0 Å². The van der Waals surface area contributed by atoms with E-state index in [0.29, 0.717) is 6.04 Å². The topological polar surface area (TPSA) is 43.5 Å². The molecule has 2 N–H and O–H groups in total. The van der Waals surface area contributed by atoms with Crippen molar-refractivity contribution in [1.82, 2.24) is 9.13 Å². The molecule has 0 radical (unpaired) electrons. The average Bonchev–Trinajstić information content (AvgIpc) is 2.61. The summed E-state index contributed by atoms with van der Waals surface area (Å²) in [7, 11) is 3.64. The molecule has 2 rings (SSSR count). The van der Waals surface area contributed by atoms with Crippen molar-refractivity contribution in [2.24, 2.45) is 14.1 Å². The number of aromatic nitrogens is 2. The molecule has 1 aromatic carbocycles. The molecular weight excluding hydrogens is 226 g/mol. The lowest BCUT2D eigenvalue weighted by Crippen LogP contribution is -2.87. The quantitative estimate of drug-likeness (QED) is 0.852. The molecule has 4 heteroatoms. The van der Waals surface area contributed by atoms with Crippen LogP contribution in [0, 0.1) is 0 Å². The second kappa shape index (κ2) is 4.98. The van der Waals surface area contributed by atoms with Gasteiger partial charge in [-0.1, -0.05) is 13.0 Å². The Kier molecular flexibility index (Phi) is 3.57. The van der Waals surface area contributed by atoms with Gasteiger partial charge in [0.05, 0.1) is 17.1 Å². The number of rotatable bonds is 4. The van der Waals surface area contributed by atoms with Gasteiger partial charge in [-0.15, -0.1) is 0 Å². The molecule has 0 amide bonds. The second-order valence-corrected chi connectivity index (χ2v) is 5.05. The molecule has 0 saturated heterocycles. The molecule has 18 heavy (non-hydrogen) atoms. The zero-order valence-corrected chi connectivity index (χ0v) is 11.6. The molecule has 4 nitrogen and oxygen atoms in total. The molecule has 0 aliphatic carbocycles. The summed E-state index contributed by atoms with van der Waals surface area (Å²) in [5.74, 6) is 0. The van der Waals surface area contributed by atoms with Crippen LogP contribution in [0.2, 0.25) is 0 Å². The van der Waals surface area contributed by atoms with E-state index in [1.165, 1.54) is 12.0 Å². The van der Waals surface area contributed by atoms with E-state index in [-0.39, 0.29) is 5.69 Å². The summed E-state index contributed by atoms with van der Waals surface area (Å²) in [6.07, 6.45) is 1.17. The Balaban J connectivity index is 2.33. The van der Waals surface area contributed by atoms with Crippen molar-refractivity contribution in [3.05, 3.63) is 34.2 Å². The maximum Gasteiger partial charge on any atom is 0.328 e. The molecule has 98 valence electrons. The Morgan fingerprint density at radius 1 is 1.22 bits per heavy atom. The highest BCUT2D eigenvalue weighted by molar-refractivity contribution is 5.76. The van der Waals surface area contributed by atoms with Gasteiger partial charge in [0.2, 0.25) is 0 Å². The van der Waals surface area contributed by atoms with Crippen LogP contribution >= 0.6 is 0 Å². The SMILES string of the molecule is CC[C@H](C)[NH2+]Cc1ccc2c(c1)n(C)c(=O)n2C. The van der Waals surface area contributed by atoms with Gasteiger partial charge in [0.1, 0.15) is 6.54 Å². The standard InChI is InChI=1S/C14H21N3O/c1-5-10(2)15-9-11-6-7-12-13(8-11)17(4)14(18)16(12)3/h6-8,10,15H,5,9H2,1-4H3/p+1/t10-/m0/s1. The predicted octanol–water partition coefficient (Wildman–Crippen LogP) is 0.739. The molecule has 0 fully saturated rings. The van der Waals surface area contributed by atoms with Crippen molar-refractivity contribution in [3.8, 4) is 0 Å². The molecule has 0 bridgehead atoms. The number of aryl methyl sites for hydroxylation is 2. The Morgan fingerprint density at radius 3 is 2.56 bits per heavy atom. The van der Waals surface area contributed by atoms with Gasteiger partial charge < -0.3 is 5.32 Å². The van der Waals surface area contributed by atoms with Crippen LogP contribution < -0.4 is 11.0 Å². The van der Waals surface area contributed by atoms with Crippen molar-refractivity contribution in [2.75, 3.05) is 0 Å². The van der Waals surface area contributed by atoms with Crippen molar-refractivity contribution in [1.29, 1.82) is 0 Å². The van der Waals surface area contributed by atoms with Gasteiger partial charge in [-0.05, 0) is 25.5 Å². The number of benzene rings is 1. The highest BCUT2D eigenvalue weighted by atomic mass is 16.1. The Hall–Kier alpha value is -1.55. The number of nitrogens with zero attached hydrogens (tertiary/aromatic N) is 2. The van der Waals surface area contributed by atoms with E-state index in [2.05, 4.69) is 31.3 Å². The molecule has 0 spiro atoms. The highest BCUT2D eigenvalue weighted by Gasteiger charge is 2.09. The number of hydrogen-bond donors (Lipinski definition) is 1. The van der Waals surface area contributed by atoms with E-state index in [9.17, 15) is 4.79 Å². The van der Waals surface area contributed by atoms with Crippen LogP contribution in [0.3, 0.4) is 0 Å². The van der Waals surface area contributed by atoms with Crippen LogP contribution in [-0.4, -0.2) is 15.2 Å². The Labute approximate surface area is 107 Å². The van der Waals surface area contributed by atoms with E-state index in [0.717, 1.165) is 17.6 Å². The monoisotopic (exact) mass is 248 g/mol. The lowest BCUT2D eigenvalue weighted by Gasteiger charge is -2.08. The molecule has 0 aliphatic rings. The first-order valence-electron chi connectivity index (χ1n) is 6.52. The Bertz CT molecular complexity index is 609. The van der Waals surface area contributed by atoms with Gasteiger partial charge in [-0.25, -0.2) is 4.79 Å². The van der Waals surface area contributed by atoms with Gasteiger partial charge in [0.15, 0.2) is 0 Å². The fraction of sp³-hybridized carbons (Fsp3) is 0.500. The minimum Gasteiger partial charge on any atom is -0.340 e. The molecule has 1 heterocycles. The maximum atomic E-state index is 11.8. The zero-order chi connectivity index (χ0) is 13.3. The maximum absolute atomic E-state index is 11.8. The number of imidazole rings is 1. The van der Waals surface area contributed by atoms with E-state index in [4.69, 9.17) is 0 Å². The van der Waals surface area contributed by atoms with Gasteiger partial charge in [-0.3, -0.25) is 9.13 Å². The molecule has 0 saturated carbocycles. The molecular formula is C14H22N3O+. The fourth-order valence-electron chi connectivity index (χ4n) is 2.18. The van der Waals surface area contributed by atoms with Crippen LogP contribution in [0.4, 0.5) is 0 Å². The van der Waals surface area contributed by atoms with E-state index in [1.54, 1.807) is 9.13 Å². The van der Waals surface area contributed by atoms with Gasteiger partial charge in [0, 0.05) is 19.7 Å². The zero-order valence-electron chi connectivity index (χ0n) is 11.6. The molecule has 1 atom stereocenters. The second-order valence-electron chi connectivity index (χ2n) is 5.05. The van der Waals surface area contributed by atoms with E-state index >= 15 is 0 Å². The summed E-state index contributed by atoms with van der Waals surface area (Å²) in [4.78, 5) is 11.8. The molecule has 2 aromatic rings. The van der Waals surface area contributed by atoms with Gasteiger partial charge >= 0.3 is 5.69 Å². The minimum atomic E-state index is 0.0352. The third-order valence-electron chi connectivity index (χ3n) is 3.74. The molecule has 0 unspecified atom stereocenters. The highest BCUT2D eigenvalue weighted by Crippen LogP contribution is 2.13. The summed E-state index contributed by atoms with van der Waals surface area (Å²) in [5, 5.41) is 2.34. The van der Waals surface area contributed by atoms with Crippen LogP contribution in [0.25, 0.3) is 11.0 Å². The Morgan fingerprint density at radius 2 is 1.89 bits per heavy atom. The van der Waals surface area contributed by atoms with Crippen LogP contribution in [0.1, 0.15) is 25.8 Å². The third-order valence-corrected chi connectivity index (χ3v) is 3.74. The number of nitrogens with two attached hydrogens (primary N) is 1. The predicted molar refractivity (Wildman–Crippen MR) is 73.5 cm³/mol. The lowest BCUT2D eigenvalue weighted by molar-refractivity contribution is -0.701. The first-order valence-corrected chi connectivity index (χ1v) is 6.52. The first kappa shape index (κ1) is 12.9. The van der Waals surface area contributed by atoms with Crippen molar-refractivity contribution in [3.63, 3.8) is 0 Å².